The Bertz CT molecular complexity index is 810. The number of nitrogens with zero attached hydrogens (tertiary/aromatic N) is 2. The normalized spacial score (nSPS) is 17.0. The number of benzene rings is 1. The van der Waals surface area contributed by atoms with Gasteiger partial charge < -0.3 is 9.64 Å². The molecule has 1 aromatic carbocycles. The summed E-state index contributed by atoms with van der Waals surface area (Å²) >= 11 is 7.56. The van der Waals surface area contributed by atoms with Crippen LogP contribution in [0, 0.1) is 0 Å². The summed E-state index contributed by atoms with van der Waals surface area (Å²) in [5.74, 6) is 0. The van der Waals surface area contributed by atoms with Crippen molar-refractivity contribution in [2.45, 2.75) is 19.4 Å². The number of anilines is 1. The van der Waals surface area contributed by atoms with Crippen LogP contribution in [0.4, 0.5) is 9.93 Å². The van der Waals surface area contributed by atoms with Gasteiger partial charge in [-0.15, -0.1) is 0 Å². The maximum atomic E-state index is 12.5. The van der Waals surface area contributed by atoms with Crippen LogP contribution in [0.1, 0.15) is 22.6 Å². The smallest absolute Gasteiger partial charge is 0.323 e. The van der Waals surface area contributed by atoms with Crippen LogP contribution in [0.3, 0.4) is 0 Å². The first-order valence-corrected chi connectivity index (χ1v) is 9.46. The molecule has 25 heavy (non-hydrogen) atoms. The van der Waals surface area contributed by atoms with E-state index in [2.05, 4.69) is 22.4 Å². The van der Waals surface area contributed by atoms with E-state index in [1.807, 2.05) is 18.2 Å². The molecule has 0 atom stereocenters. The van der Waals surface area contributed by atoms with Crippen LogP contribution in [-0.4, -0.2) is 35.6 Å². The third-order valence-corrected chi connectivity index (χ3v) is 5.62. The molecule has 0 fully saturated rings. The SMILES string of the molecule is O=C(Nc1nc2c(s1)COCC2)N1CC=C(c2cccc(Cl)c2)CC1. The van der Waals surface area contributed by atoms with Crippen LogP contribution >= 0.6 is 22.9 Å². The number of thiazole rings is 1. The summed E-state index contributed by atoms with van der Waals surface area (Å²) in [7, 11) is 0. The van der Waals surface area contributed by atoms with E-state index >= 15 is 0 Å². The molecule has 0 radical (unpaired) electrons. The molecule has 2 aliphatic heterocycles. The zero-order chi connectivity index (χ0) is 17.2. The molecular weight excluding hydrogens is 358 g/mol. The fourth-order valence-electron chi connectivity index (χ4n) is 3.05. The van der Waals surface area contributed by atoms with Crippen LogP contribution in [0.15, 0.2) is 30.3 Å². The molecule has 130 valence electrons. The Kier molecular flexibility index (Phi) is 4.74. The van der Waals surface area contributed by atoms with Crippen molar-refractivity contribution in [3.05, 3.63) is 51.5 Å². The molecule has 1 N–H and O–H groups in total. The third kappa shape index (κ3) is 3.71. The first-order valence-electron chi connectivity index (χ1n) is 8.26. The maximum Gasteiger partial charge on any atom is 0.323 e. The fourth-order valence-corrected chi connectivity index (χ4v) is 4.18. The lowest BCUT2D eigenvalue weighted by molar-refractivity contribution is 0.112. The molecule has 2 aliphatic rings. The molecule has 5 nitrogen and oxygen atoms in total. The quantitative estimate of drug-likeness (QED) is 0.856. The number of amides is 2. The van der Waals surface area contributed by atoms with Gasteiger partial charge in [-0.3, -0.25) is 5.32 Å². The number of hydrogen-bond donors (Lipinski definition) is 1. The average Bonchev–Trinajstić information content (AvgIpc) is 3.04. The van der Waals surface area contributed by atoms with Crippen molar-refractivity contribution >= 4 is 39.7 Å². The minimum absolute atomic E-state index is 0.103. The van der Waals surface area contributed by atoms with E-state index in [-0.39, 0.29) is 6.03 Å². The lowest BCUT2D eigenvalue weighted by Crippen LogP contribution is -2.37. The van der Waals surface area contributed by atoms with Gasteiger partial charge in [0.2, 0.25) is 0 Å². The van der Waals surface area contributed by atoms with E-state index in [1.165, 1.54) is 16.9 Å². The largest absolute Gasteiger partial charge is 0.375 e. The molecule has 0 spiro atoms. The maximum absolute atomic E-state index is 12.5. The van der Waals surface area contributed by atoms with Crippen molar-refractivity contribution in [2.75, 3.05) is 25.0 Å². The Balaban J connectivity index is 1.40. The number of fused-ring (bicyclic) bond motifs is 1. The number of aromatic nitrogens is 1. The van der Waals surface area contributed by atoms with Crippen molar-refractivity contribution in [1.29, 1.82) is 0 Å². The van der Waals surface area contributed by atoms with Crippen LogP contribution in [0.5, 0.6) is 0 Å². The van der Waals surface area contributed by atoms with Crippen LogP contribution in [0.25, 0.3) is 5.57 Å². The minimum atomic E-state index is -0.103. The van der Waals surface area contributed by atoms with Gasteiger partial charge in [0.25, 0.3) is 0 Å². The molecule has 4 rings (SSSR count). The van der Waals surface area contributed by atoms with Gasteiger partial charge >= 0.3 is 6.03 Å². The highest BCUT2D eigenvalue weighted by atomic mass is 35.5. The van der Waals surface area contributed by atoms with Crippen molar-refractivity contribution in [3.8, 4) is 0 Å². The van der Waals surface area contributed by atoms with Gasteiger partial charge in [-0.05, 0) is 29.7 Å². The first kappa shape index (κ1) is 16.6. The second-order valence-electron chi connectivity index (χ2n) is 6.06. The van der Waals surface area contributed by atoms with Crippen molar-refractivity contribution in [1.82, 2.24) is 9.88 Å². The first-order chi connectivity index (χ1) is 12.2. The highest BCUT2D eigenvalue weighted by molar-refractivity contribution is 7.15. The molecule has 7 heteroatoms. The van der Waals surface area contributed by atoms with E-state index in [1.54, 1.807) is 4.90 Å². The summed E-state index contributed by atoms with van der Waals surface area (Å²) in [4.78, 5) is 19.9. The second-order valence-corrected chi connectivity index (χ2v) is 7.58. The van der Waals surface area contributed by atoms with Crippen LogP contribution in [0.2, 0.25) is 5.02 Å². The van der Waals surface area contributed by atoms with Gasteiger partial charge in [0, 0.05) is 24.5 Å². The molecule has 0 bridgehead atoms. The Labute approximate surface area is 155 Å². The predicted molar refractivity (Wildman–Crippen MR) is 100 cm³/mol. The van der Waals surface area contributed by atoms with Crippen LogP contribution in [-0.2, 0) is 17.8 Å². The molecule has 2 aromatic rings. The Morgan fingerprint density at radius 3 is 3.04 bits per heavy atom. The fraction of sp³-hybridized carbons (Fsp3) is 0.333. The summed E-state index contributed by atoms with van der Waals surface area (Å²) in [6.45, 7) is 2.56. The molecule has 1 aromatic heterocycles. The summed E-state index contributed by atoms with van der Waals surface area (Å²) in [6, 6.07) is 7.73. The number of halogens is 1. The number of ether oxygens (including phenoxy) is 1. The minimum Gasteiger partial charge on any atom is -0.375 e. The van der Waals surface area contributed by atoms with E-state index in [9.17, 15) is 4.79 Å². The summed E-state index contributed by atoms with van der Waals surface area (Å²) in [6.07, 6.45) is 3.72. The monoisotopic (exact) mass is 375 g/mol. The molecule has 0 unspecified atom stereocenters. The van der Waals surface area contributed by atoms with Gasteiger partial charge in [0.15, 0.2) is 5.13 Å². The number of carbonyl (C=O) groups excluding carboxylic acids is 1. The van der Waals surface area contributed by atoms with E-state index < -0.39 is 0 Å². The second kappa shape index (κ2) is 7.15. The molecule has 2 amide bonds. The number of nitrogens with one attached hydrogen (secondary N) is 1. The van der Waals surface area contributed by atoms with Gasteiger partial charge in [-0.1, -0.05) is 41.1 Å². The number of hydrogen-bond acceptors (Lipinski definition) is 4. The topological polar surface area (TPSA) is 54.5 Å². The van der Waals surface area contributed by atoms with Crippen LogP contribution < -0.4 is 5.32 Å². The zero-order valence-corrected chi connectivity index (χ0v) is 15.2. The van der Waals surface area contributed by atoms with E-state index in [0.717, 1.165) is 34.0 Å². The zero-order valence-electron chi connectivity index (χ0n) is 13.6. The number of carbonyl (C=O) groups is 1. The average molecular weight is 376 g/mol. The summed E-state index contributed by atoms with van der Waals surface area (Å²) < 4.78 is 5.42. The van der Waals surface area contributed by atoms with Gasteiger partial charge in [0.1, 0.15) is 0 Å². The predicted octanol–water partition coefficient (Wildman–Crippen LogP) is 4.19. The molecule has 0 saturated heterocycles. The molecular formula is C18H18ClN3O2S. The molecule has 0 saturated carbocycles. The summed E-state index contributed by atoms with van der Waals surface area (Å²) in [5.41, 5.74) is 3.40. The van der Waals surface area contributed by atoms with Gasteiger partial charge in [0.05, 0.1) is 23.8 Å². The van der Waals surface area contributed by atoms with E-state index in [0.29, 0.717) is 31.4 Å². The number of urea groups is 1. The lowest BCUT2D eigenvalue weighted by Gasteiger charge is -2.26. The lowest BCUT2D eigenvalue weighted by atomic mass is 10.00. The summed E-state index contributed by atoms with van der Waals surface area (Å²) in [5, 5.41) is 4.31. The van der Waals surface area contributed by atoms with Gasteiger partial charge in [-0.2, -0.15) is 0 Å². The van der Waals surface area contributed by atoms with E-state index in [4.69, 9.17) is 16.3 Å². The highest BCUT2D eigenvalue weighted by Gasteiger charge is 2.21. The standard InChI is InChI=1S/C18H18ClN3O2S/c19-14-3-1-2-13(10-14)12-4-7-22(8-5-12)18(23)21-17-20-15-6-9-24-11-16(15)25-17/h1-4,10H,5-9,11H2,(H,20,21,23). The molecule has 0 aliphatic carbocycles. The Morgan fingerprint density at radius 2 is 2.28 bits per heavy atom. The van der Waals surface area contributed by atoms with Gasteiger partial charge in [-0.25, -0.2) is 9.78 Å². The van der Waals surface area contributed by atoms with Crippen molar-refractivity contribution in [3.63, 3.8) is 0 Å². The van der Waals surface area contributed by atoms with Crippen molar-refractivity contribution < 1.29 is 9.53 Å². The Hall–Kier alpha value is -1.89. The highest BCUT2D eigenvalue weighted by Crippen LogP contribution is 2.28. The Morgan fingerprint density at radius 1 is 1.36 bits per heavy atom. The number of rotatable bonds is 2. The third-order valence-electron chi connectivity index (χ3n) is 4.40. The van der Waals surface area contributed by atoms with Crippen molar-refractivity contribution in [2.24, 2.45) is 0 Å². The molecule has 3 heterocycles.